The molecule has 0 bridgehead atoms. The molecule has 0 amide bonds. The van der Waals surface area contributed by atoms with Crippen molar-refractivity contribution >= 4 is 0 Å². The molecule has 0 saturated heterocycles. The van der Waals surface area contributed by atoms with Gasteiger partial charge in [0, 0.05) is 18.2 Å². The van der Waals surface area contributed by atoms with E-state index in [0.717, 1.165) is 12.8 Å². The van der Waals surface area contributed by atoms with E-state index in [1.54, 1.807) is 0 Å². The van der Waals surface area contributed by atoms with Gasteiger partial charge in [0.15, 0.2) is 0 Å². The molecule has 1 aliphatic rings. The molecule has 0 aromatic rings. The fraction of sp³-hybridized carbons (Fsp3) is 0.750. The third kappa shape index (κ3) is 4.63. The molecule has 1 aliphatic heterocycles. The number of allylic oxidation sites excluding steroid dienone is 3. The lowest BCUT2D eigenvalue weighted by molar-refractivity contribution is 0.117. The number of alkyl halides is 2. The molecule has 1 nitrogen and oxygen atoms in total. The van der Waals surface area contributed by atoms with Crippen molar-refractivity contribution < 1.29 is 8.78 Å². The number of hydrogen-bond acceptors (Lipinski definition) is 1. The topological polar surface area (TPSA) is 12.0 Å². The Kier molecular flexibility index (Phi) is 6.02. The second-order valence-electron chi connectivity index (χ2n) is 6.01. The predicted molar refractivity (Wildman–Crippen MR) is 77.2 cm³/mol. The Bertz CT molecular complexity index is 358. The van der Waals surface area contributed by atoms with Gasteiger partial charge in [-0.05, 0) is 45.4 Å². The zero-order valence-corrected chi connectivity index (χ0v) is 12.8. The van der Waals surface area contributed by atoms with Crippen molar-refractivity contribution in [3.8, 4) is 0 Å². The summed E-state index contributed by atoms with van der Waals surface area (Å²) in [7, 11) is 0. The summed E-state index contributed by atoms with van der Waals surface area (Å²) in [5.74, 6) is 0.557. The Labute approximate surface area is 116 Å². The molecular formula is C16H27F2N. The van der Waals surface area contributed by atoms with Gasteiger partial charge >= 0.3 is 0 Å². The van der Waals surface area contributed by atoms with Crippen LogP contribution < -0.4 is 5.32 Å². The number of rotatable bonds is 5. The summed E-state index contributed by atoms with van der Waals surface area (Å²) in [6, 6.07) is 0.300. The Morgan fingerprint density at radius 2 is 2.05 bits per heavy atom. The Balaban J connectivity index is 2.71. The fourth-order valence-corrected chi connectivity index (χ4v) is 2.93. The van der Waals surface area contributed by atoms with Gasteiger partial charge in [0.05, 0.1) is 0 Å². The van der Waals surface area contributed by atoms with Crippen LogP contribution in [0.3, 0.4) is 0 Å². The van der Waals surface area contributed by atoms with Gasteiger partial charge in [-0.3, -0.25) is 0 Å². The van der Waals surface area contributed by atoms with Crippen LogP contribution in [0.2, 0.25) is 0 Å². The molecule has 0 fully saturated rings. The van der Waals surface area contributed by atoms with Crippen LogP contribution in [0.25, 0.3) is 0 Å². The molecule has 0 aromatic carbocycles. The van der Waals surface area contributed by atoms with Crippen molar-refractivity contribution in [1.29, 1.82) is 0 Å². The highest BCUT2D eigenvalue weighted by atomic mass is 19.3. The Morgan fingerprint density at radius 1 is 1.42 bits per heavy atom. The predicted octanol–water partition coefficient (Wildman–Crippen LogP) is 4.91. The molecule has 0 aliphatic carbocycles. The second kappa shape index (κ2) is 7.06. The zero-order valence-electron chi connectivity index (χ0n) is 12.8. The van der Waals surface area contributed by atoms with Crippen molar-refractivity contribution in [2.45, 2.75) is 66.3 Å². The van der Waals surface area contributed by atoms with Crippen LogP contribution >= 0.6 is 0 Å². The van der Waals surface area contributed by atoms with Gasteiger partial charge in [-0.15, -0.1) is 0 Å². The fourth-order valence-electron chi connectivity index (χ4n) is 2.93. The lowest BCUT2D eigenvalue weighted by Gasteiger charge is -2.35. The van der Waals surface area contributed by atoms with E-state index < -0.39 is 6.43 Å². The minimum absolute atomic E-state index is 0.00765. The van der Waals surface area contributed by atoms with Gasteiger partial charge in [-0.1, -0.05) is 31.1 Å². The molecule has 0 saturated carbocycles. The molecule has 1 rings (SSSR count). The Morgan fingerprint density at radius 3 is 2.58 bits per heavy atom. The maximum absolute atomic E-state index is 12.4. The SMILES string of the molecule is C/C=C(\CC(C)CC(F)F)C1NC(C)=C(C)CC1C. The third-order valence-corrected chi connectivity index (χ3v) is 4.14. The normalized spacial score (nSPS) is 26.6. The van der Waals surface area contributed by atoms with Crippen LogP contribution in [0.5, 0.6) is 0 Å². The lowest BCUT2D eigenvalue weighted by Crippen LogP contribution is -2.40. The highest BCUT2D eigenvalue weighted by Crippen LogP contribution is 2.30. The first-order chi connectivity index (χ1) is 8.85. The van der Waals surface area contributed by atoms with Crippen LogP contribution in [0.15, 0.2) is 22.9 Å². The van der Waals surface area contributed by atoms with Crippen LogP contribution in [0.1, 0.15) is 53.9 Å². The van der Waals surface area contributed by atoms with E-state index in [1.807, 2.05) is 13.8 Å². The molecular weight excluding hydrogens is 244 g/mol. The van der Waals surface area contributed by atoms with E-state index in [0.29, 0.717) is 12.0 Å². The number of hydrogen-bond donors (Lipinski definition) is 1. The van der Waals surface area contributed by atoms with Crippen LogP contribution in [0.4, 0.5) is 8.78 Å². The third-order valence-electron chi connectivity index (χ3n) is 4.14. The van der Waals surface area contributed by atoms with Gasteiger partial charge in [-0.25, -0.2) is 8.78 Å². The van der Waals surface area contributed by atoms with Gasteiger partial charge < -0.3 is 5.32 Å². The molecule has 3 heteroatoms. The summed E-state index contributed by atoms with van der Waals surface area (Å²) in [5.41, 5.74) is 3.91. The van der Waals surface area contributed by atoms with Crippen molar-refractivity contribution in [3.05, 3.63) is 22.9 Å². The van der Waals surface area contributed by atoms with E-state index in [9.17, 15) is 8.78 Å². The minimum atomic E-state index is -2.20. The van der Waals surface area contributed by atoms with Gasteiger partial charge in [0.2, 0.25) is 6.43 Å². The molecule has 0 aromatic heterocycles. The molecule has 19 heavy (non-hydrogen) atoms. The van der Waals surface area contributed by atoms with E-state index in [-0.39, 0.29) is 12.3 Å². The molecule has 3 unspecified atom stereocenters. The van der Waals surface area contributed by atoms with Crippen molar-refractivity contribution in [2.75, 3.05) is 0 Å². The number of nitrogens with one attached hydrogen (secondary N) is 1. The standard InChI is InChI=1S/C16H27F2N/c1-6-14(7-10(2)8-15(17)18)16-12(4)9-11(3)13(5)19-16/h6,10,12,15-16,19H,7-9H2,1-5H3/b14-6+. The zero-order chi connectivity index (χ0) is 14.6. The molecule has 110 valence electrons. The van der Waals surface area contributed by atoms with Crippen LogP contribution in [0, 0.1) is 11.8 Å². The summed E-state index contributed by atoms with van der Waals surface area (Å²) in [6.07, 6.45) is 1.74. The summed E-state index contributed by atoms with van der Waals surface area (Å²) in [5, 5.41) is 3.55. The molecule has 1 N–H and O–H groups in total. The van der Waals surface area contributed by atoms with Crippen LogP contribution in [-0.2, 0) is 0 Å². The van der Waals surface area contributed by atoms with Gasteiger partial charge in [0.1, 0.15) is 0 Å². The van der Waals surface area contributed by atoms with Crippen LogP contribution in [-0.4, -0.2) is 12.5 Å². The monoisotopic (exact) mass is 271 g/mol. The first kappa shape index (κ1) is 16.2. The minimum Gasteiger partial charge on any atom is -0.382 e. The molecule has 0 spiro atoms. The largest absolute Gasteiger partial charge is 0.382 e. The van der Waals surface area contributed by atoms with E-state index in [2.05, 4.69) is 32.2 Å². The molecule has 3 atom stereocenters. The van der Waals surface area contributed by atoms with Gasteiger partial charge in [-0.2, -0.15) is 0 Å². The average Bonchev–Trinajstić information content (AvgIpc) is 2.30. The maximum atomic E-state index is 12.4. The quantitative estimate of drug-likeness (QED) is 0.701. The van der Waals surface area contributed by atoms with E-state index >= 15 is 0 Å². The summed E-state index contributed by atoms with van der Waals surface area (Å²) >= 11 is 0. The van der Waals surface area contributed by atoms with Crippen molar-refractivity contribution in [1.82, 2.24) is 5.32 Å². The van der Waals surface area contributed by atoms with Gasteiger partial charge in [0.25, 0.3) is 0 Å². The summed E-state index contributed by atoms with van der Waals surface area (Å²) in [6.45, 7) is 10.4. The summed E-state index contributed by atoms with van der Waals surface area (Å²) in [4.78, 5) is 0. The Hall–Kier alpha value is -0.860. The summed E-state index contributed by atoms with van der Waals surface area (Å²) < 4.78 is 24.9. The van der Waals surface area contributed by atoms with E-state index in [1.165, 1.54) is 16.8 Å². The second-order valence-corrected chi connectivity index (χ2v) is 6.01. The first-order valence-corrected chi connectivity index (χ1v) is 7.21. The van der Waals surface area contributed by atoms with E-state index in [4.69, 9.17) is 0 Å². The highest BCUT2D eigenvalue weighted by molar-refractivity contribution is 5.23. The average molecular weight is 271 g/mol. The first-order valence-electron chi connectivity index (χ1n) is 7.21. The smallest absolute Gasteiger partial charge is 0.238 e. The highest BCUT2D eigenvalue weighted by Gasteiger charge is 2.27. The van der Waals surface area contributed by atoms with Crippen molar-refractivity contribution in [3.63, 3.8) is 0 Å². The molecule has 0 radical (unpaired) electrons. The molecule has 1 heterocycles. The lowest BCUT2D eigenvalue weighted by atomic mass is 9.82. The number of halogens is 2. The van der Waals surface area contributed by atoms with Crippen molar-refractivity contribution in [2.24, 2.45) is 11.8 Å². The maximum Gasteiger partial charge on any atom is 0.238 e.